The zero-order valence-electron chi connectivity index (χ0n) is 9.79. The van der Waals surface area contributed by atoms with E-state index in [4.69, 9.17) is 4.74 Å². The lowest BCUT2D eigenvalue weighted by Gasteiger charge is -2.20. The molecule has 4 nitrogen and oxygen atoms in total. The van der Waals surface area contributed by atoms with Gasteiger partial charge in [0.05, 0.1) is 6.61 Å². The second-order valence-electron chi connectivity index (χ2n) is 3.94. The molecule has 1 N–H and O–H groups in total. The van der Waals surface area contributed by atoms with Crippen LogP contribution in [0.15, 0.2) is 0 Å². The fourth-order valence-corrected chi connectivity index (χ4v) is 1.49. The highest BCUT2D eigenvalue weighted by molar-refractivity contribution is 5.76. The van der Waals surface area contributed by atoms with Crippen LogP contribution in [0, 0.1) is 0 Å². The van der Waals surface area contributed by atoms with Crippen molar-refractivity contribution >= 4 is 5.91 Å². The molecule has 15 heavy (non-hydrogen) atoms. The lowest BCUT2D eigenvalue weighted by Crippen LogP contribution is -2.35. The third-order valence-electron chi connectivity index (χ3n) is 2.65. The molecule has 0 aromatic heterocycles. The number of carbonyl (C=O) groups is 1. The number of hydrogen-bond acceptors (Lipinski definition) is 3. The lowest BCUT2D eigenvalue weighted by atomic mass is 10.3. The molecule has 88 valence electrons. The monoisotopic (exact) mass is 214 g/mol. The summed E-state index contributed by atoms with van der Waals surface area (Å²) in [5.41, 5.74) is 0. The Kier molecular flexibility index (Phi) is 5.65. The number of amides is 1. The maximum atomic E-state index is 11.7. The summed E-state index contributed by atoms with van der Waals surface area (Å²) in [4.78, 5) is 13.6. The minimum atomic E-state index is 0.225. The van der Waals surface area contributed by atoms with E-state index in [9.17, 15) is 4.79 Å². The van der Waals surface area contributed by atoms with E-state index in [0.717, 1.165) is 13.1 Å². The van der Waals surface area contributed by atoms with Crippen LogP contribution in [0.3, 0.4) is 0 Å². The molecule has 0 radical (unpaired) electrons. The van der Waals surface area contributed by atoms with E-state index >= 15 is 0 Å². The van der Waals surface area contributed by atoms with E-state index in [-0.39, 0.29) is 5.91 Å². The van der Waals surface area contributed by atoms with Gasteiger partial charge in [-0.25, -0.2) is 0 Å². The molecule has 0 unspecified atom stereocenters. The fourth-order valence-electron chi connectivity index (χ4n) is 1.49. The van der Waals surface area contributed by atoms with Crippen LogP contribution in [0.2, 0.25) is 0 Å². The molecule has 0 aromatic carbocycles. The van der Waals surface area contributed by atoms with Gasteiger partial charge in [0.2, 0.25) is 5.91 Å². The summed E-state index contributed by atoms with van der Waals surface area (Å²) in [7, 11) is 1.66. The number of likely N-dealkylation sites (N-methyl/N-ethyl adjacent to an activating group) is 1. The third kappa shape index (κ3) is 5.14. The van der Waals surface area contributed by atoms with Crippen molar-refractivity contribution in [3.8, 4) is 0 Å². The number of rotatable bonds is 8. The van der Waals surface area contributed by atoms with Gasteiger partial charge >= 0.3 is 0 Å². The summed E-state index contributed by atoms with van der Waals surface area (Å²) >= 11 is 0. The van der Waals surface area contributed by atoms with Crippen LogP contribution >= 0.6 is 0 Å². The minimum absolute atomic E-state index is 0.225. The normalized spacial score (nSPS) is 15.3. The Morgan fingerprint density at radius 1 is 1.53 bits per heavy atom. The zero-order valence-corrected chi connectivity index (χ0v) is 9.79. The molecule has 0 aliphatic heterocycles. The number of ether oxygens (including phenoxy) is 1. The summed E-state index contributed by atoms with van der Waals surface area (Å²) < 4.78 is 4.97. The first kappa shape index (κ1) is 12.5. The van der Waals surface area contributed by atoms with Gasteiger partial charge in [0.15, 0.2) is 0 Å². The molecule has 1 rings (SSSR count). The van der Waals surface area contributed by atoms with Gasteiger partial charge in [0.1, 0.15) is 0 Å². The minimum Gasteiger partial charge on any atom is -0.383 e. The molecular weight excluding hydrogens is 192 g/mol. The molecule has 0 atom stereocenters. The van der Waals surface area contributed by atoms with Gasteiger partial charge in [-0.1, -0.05) is 0 Å². The molecule has 0 bridgehead atoms. The summed E-state index contributed by atoms with van der Waals surface area (Å²) in [6.45, 7) is 4.91. The maximum Gasteiger partial charge on any atom is 0.223 e. The molecule has 0 heterocycles. The molecule has 0 saturated heterocycles. The topological polar surface area (TPSA) is 41.6 Å². The predicted octanol–water partition coefficient (Wildman–Crippen LogP) is 0.623. The van der Waals surface area contributed by atoms with Crippen molar-refractivity contribution in [2.75, 3.05) is 33.4 Å². The smallest absolute Gasteiger partial charge is 0.223 e. The van der Waals surface area contributed by atoms with E-state index in [1.807, 2.05) is 11.8 Å². The molecule has 1 amide bonds. The first-order valence-electron chi connectivity index (χ1n) is 5.78. The van der Waals surface area contributed by atoms with Crippen molar-refractivity contribution in [2.24, 2.45) is 0 Å². The van der Waals surface area contributed by atoms with Crippen LogP contribution < -0.4 is 5.32 Å². The van der Waals surface area contributed by atoms with Crippen molar-refractivity contribution in [3.05, 3.63) is 0 Å². The van der Waals surface area contributed by atoms with E-state index in [2.05, 4.69) is 5.32 Å². The highest BCUT2D eigenvalue weighted by Crippen LogP contribution is 2.18. The second-order valence-corrected chi connectivity index (χ2v) is 3.94. The van der Waals surface area contributed by atoms with Crippen LogP contribution in [0.4, 0.5) is 0 Å². The molecular formula is C11H22N2O2. The Morgan fingerprint density at radius 2 is 2.27 bits per heavy atom. The van der Waals surface area contributed by atoms with E-state index in [1.54, 1.807) is 7.11 Å². The van der Waals surface area contributed by atoms with Crippen molar-refractivity contribution in [1.82, 2.24) is 10.2 Å². The summed E-state index contributed by atoms with van der Waals surface area (Å²) in [6.07, 6.45) is 3.15. The van der Waals surface area contributed by atoms with Gasteiger partial charge in [0.25, 0.3) is 0 Å². The van der Waals surface area contributed by atoms with Crippen LogP contribution in [0.25, 0.3) is 0 Å². The van der Waals surface area contributed by atoms with Crippen molar-refractivity contribution in [1.29, 1.82) is 0 Å². The number of hydrogen-bond donors (Lipinski definition) is 1. The predicted molar refractivity (Wildman–Crippen MR) is 59.8 cm³/mol. The van der Waals surface area contributed by atoms with Crippen LogP contribution in [-0.2, 0) is 9.53 Å². The van der Waals surface area contributed by atoms with E-state index in [0.29, 0.717) is 25.6 Å². The van der Waals surface area contributed by atoms with Crippen molar-refractivity contribution in [2.45, 2.75) is 32.2 Å². The first-order valence-corrected chi connectivity index (χ1v) is 5.78. The molecule has 4 heteroatoms. The average Bonchev–Trinajstić information content (AvgIpc) is 3.03. The molecule has 0 aromatic rings. The Labute approximate surface area is 92.0 Å². The van der Waals surface area contributed by atoms with Gasteiger partial charge in [-0.2, -0.15) is 0 Å². The number of nitrogens with one attached hydrogen (secondary N) is 1. The highest BCUT2D eigenvalue weighted by atomic mass is 16.5. The molecule has 1 aliphatic rings. The van der Waals surface area contributed by atoms with Gasteiger partial charge < -0.3 is 15.0 Å². The molecule has 1 fully saturated rings. The third-order valence-corrected chi connectivity index (χ3v) is 2.65. The fraction of sp³-hybridized carbons (Fsp3) is 0.909. The second kappa shape index (κ2) is 6.80. The lowest BCUT2D eigenvalue weighted by molar-refractivity contribution is -0.131. The van der Waals surface area contributed by atoms with Crippen LogP contribution in [-0.4, -0.2) is 50.2 Å². The highest BCUT2D eigenvalue weighted by Gasteiger charge is 2.20. The largest absolute Gasteiger partial charge is 0.383 e. The van der Waals surface area contributed by atoms with Crippen molar-refractivity contribution < 1.29 is 9.53 Å². The maximum absolute atomic E-state index is 11.7. The Bertz CT molecular complexity index is 193. The Hall–Kier alpha value is -0.610. The van der Waals surface area contributed by atoms with Crippen LogP contribution in [0.5, 0.6) is 0 Å². The van der Waals surface area contributed by atoms with E-state index in [1.165, 1.54) is 12.8 Å². The van der Waals surface area contributed by atoms with Gasteiger partial charge in [-0.3, -0.25) is 4.79 Å². The van der Waals surface area contributed by atoms with Gasteiger partial charge in [-0.05, 0) is 19.8 Å². The Morgan fingerprint density at radius 3 is 2.80 bits per heavy atom. The average molecular weight is 214 g/mol. The molecule has 1 aliphatic carbocycles. The van der Waals surface area contributed by atoms with Gasteiger partial charge in [-0.15, -0.1) is 0 Å². The number of nitrogens with zero attached hydrogens (tertiary/aromatic N) is 1. The zero-order chi connectivity index (χ0) is 11.1. The summed E-state index contributed by atoms with van der Waals surface area (Å²) in [6, 6.07) is 0.687. The molecule has 0 spiro atoms. The quantitative estimate of drug-likeness (QED) is 0.644. The van der Waals surface area contributed by atoms with Crippen molar-refractivity contribution in [3.63, 3.8) is 0 Å². The summed E-state index contributed by atoms with van der Waals surface area (Å²) in [5.74, 6) is 0.225. The summed E-state index contributed by atoms with van der Waals surface area (Å²) in [5, 5.41) is 3.34. The first-order chi connectivity index (χ1) is 7.27. The standard InChI is InChI=1S/C11H22N2O2/c1-3-13(8-9-15-2)11(14)6-7-12-10-4-5-10/h10,12H,3-9H2,1-2H3. The SMILES string of the molecule is CCN(CCOC)C(=O)CCNC1CC1. The van der Waals surface area contributed by atoms with E-state index < -0.39 is 0 Å². The van der Waals surface area contributed by atoms with Gasteiger partial charge in [0, 0.05) is 39.2 Å². The van der Waals surface area contributed by atoms with Crippen LogP contribution in [0.1, 0.15) is 26.2 Å². The Balaban J connectivity index is 2.10. The molecule has 1 saturated carbocycles. The number of methoxy groups -OCH3 is 1. The number of carbonyl (C=O) groups excluding carboxylic acids is 1.